The molecule has 0 bridgehead atoms. The van der Waals surface area contributed by atoms with Crippen LogP contribution in [-0.4, -0.2) is 0 Å². The predicted octanol–water partition coefficient (Wildman–Crippen LogP) is 12.7. The van der Waals surface area contributed by atoms with Crippen molar-refractivity contribution in [2.45, 2.75) is 0 Å². The molecule has 0 radical (unpaired) electrons. The quantitative estimate of drug-likeness (QED) is 0.187. The molecule has 0 fully saturated rings. The van der Waals surface area contributed by atoms with Gasteiger partial charge in [-0.25, -0.2) is 0 Å². The maximum atomic E-state index is 6.36. The molecule has 0 saturated carbocycles. The van der Waals surface area contributed by atoms with Gasteiger partial charge in [-0.15, -0.1) is 11.3 Å². The molecule has 0 aliphatic rings. The van der Waals surface area contributed by atoms with Gasteiger partial charge >= 0.3 is 0 Å². The van der Waals surface area contributed by atoms with E-state index in [4.69, 9.17) is 4.42 Å². The Hall–Kier alpha value is -5.44. The summed E-state index contributed by atoms with van der Waals surface area (Å²) in [6, 6.07) is 53.1. The van der Waals surface area contributed by atoms with E-state index in [1.807, 2.05) is 11.3 Å². The van der Waals surface area contributed by atoms with Crippen LogP contribution in [0.2, 0.25) is 0 Å². The lowest BCUT2D eigenvalue weighted by molar-refractivity contribution is 0.669. The molecule has 10 aromatic rings. The van der Waals surface area contributed by atoms with E-state index in [9.17, 15) is 0 Å². The Morgan fingerprint density at radius 2 is 0.909 bits per heavy atom. The molecule has 0 N–H and O–H groups in total. The van der Waals surface area contributed by atoms with Gasteiger partial charge in [0.05, 0.1) is 0 Å². The second kappa shape index (κ2) is 9.03. The summed E-state index contributed by atoms with van der Waals surface area (Å²) in [5, 5.41) is 12.5. The van der Waals surface area contributed by atoms with Gasteiger partial charge in [0.1, 0.15) is 11.2 Å². The van der Waals surface area contributed by atoms with Crippen LogP contribution < -0.4 is 0 Å². The molecule has 2 heteroatoms. The van der Waals surface area contributed by atoms with Gasteiger partial charge in [0, 0.05) is 30.9 Å². The normalized spacial score (nSPS) is 12.1. The summed E-state index contributed by atoms with van der Waals surface area (Å²) in [7, 11) is 0. The maximum absolute atomic E-state index is 6.36. The first-order valence-corrected chi connectivity index (χ1v) is 15.8. The fourth-order valence-electron chi connectivity index (χ4n) is 7.33. The third-order valence-electron chi connectivity index (χ3n) is 9.25. The predicted molar refractivity (Wildman–Crippen MR) is 190 cm³/mol. The topological polar surface area (TPSA) is 13.1 Å². The van der Waals surface area contributed by atoms with Crippen molar-refractivity contribution in [3.8, 4) is 22.3 Å². The van der Waals surface area contributed by atoms with Gasteiger partial charge in [-0.2, -0.15) is 0 Å². The number of fused-ring (bicyclic) bond motifs is 10. The van der Waals surface area contributed by atoms with Crippen LogP contribution in [0.3, 0.4) is 0 Å². The largest absolute Gasteiger partial charge is 0.456 e. The van der Waals surface area contributed by atoms with Crippen molar-refractivity contribution in [1.82, 2.24) is 0 Å². The minimum absolute atomic E-state index is 0.918. The molecule has 1 nitrogen and oxygen atoms in total. The first-order chi connectivity index (χ1) is 21.8. The molecule has 0 spiro atoms. The van der Waals surface area contributed by atoms with Crippen molar-refractivity contribution < 1.29 is 4.42 Å². The van der Waals surface area contributed by atoms with Crippen molar-refractivity contribution in [1.29, 1.82) is 0 Å². The van der Waals surface area contributed by atoms with E-state index in [0.29, 0.717) is 0 Å². The van der Waals surface area contributed by atoms with Crippen LogP contribution in [0.25, 0.3) is 96.7 Å². The average molecular weight is 577 g/mol. The zero-order valence-electron chi connectivity index (χ0n) is 23.7. The van der Waals surface area contributed by atoms with Gasteiger partial charge in [-0.1, -0.05) is 115 Å². The van der Waals surface area contributed by atoms with Crippen LogP contribution in [0.5, 0.6) is 0 Å². The Kier molecular flexibility index (Phi) is 4.94. The molecule has 0 aliphatic carbocycles. The SMILES string of the molecule is c1ccc2c(c1)ccc1oc3ccc(-c4c5ccccc5c(-c5ccc6c(c5)sc5ccccc56)c5ccccc45)cc3c12. The molecule has 0 saturated heterocycles. The zero-order valence-corrected chi connectivity index (χ0v) is 24.5. The molecule has 10 rings (SSSR count). The molecule has 2 heterocycles. The van der Waals surface area contributed by atoms with E-state index in [1.54, 1.807) is 0 Å². The molecule has 8 aromatic carbocycles. The van der Waals surface area contributed by atoms with Crippen LogP contribution in [0, 0.1) is 0 Å². The number of furan rings is 1. The van der Waals surface area contributed by atoms with Crippen molar-refractivity contribution in [3.63, 3.8) is 0 Å². The van der Waals surface area contributed by atoms with Crippen LogP contribution in [0.15, 0.2) is 150 Å². The third-order valence-corrected chi connectivity index (χ3v) is 10.4. The standard InChI is InChI=1S/C42H24OS/c1-2-10-28-25(9-1)18-22-37-42(28)35-23-26(19-21-36(35)43-37)40-31-12-3-5-14-33(31)41(34-15-6-4-13-32(34)40)27-17-20-30-29-11-7-8-16-38(29)44-39(30)24-27/h1-24H. The molecule has 204 valence electrons. The van der Waals surface area contributed by atoms with Gasteiger partial charge in [0.15, 0.2) is 0 Å². The van der Waals surface area contributed by atoms with Gasteiger partial charge in [0.25, 0.3) is 0 Å². The summed E-state index contributed by atoms with van der Waals surface area (Å²) < 4.78 is 9.02. The minimum atomic E-state index is 0.918. The molecule has 0 amide bonds. The fraction of sp³-hybridized carbons (Fsp3) is 0. The summed E-state index contributed by atoms with van der Waals surface area (Å²) in [5.41, 5.74) is 6.86. The maximum Gasteiger partial charge on any atom is 0.136 e. The van der Waals surface area contributed by atoms with Crippen LogP contribution in [0.4, 0.5) is 0 Å². The van der Waals surface area contributed by atoms with Crippen LogP contribution >= 0.6 is 11.3 Å². The van der Waals surface area contributed by atoms with Crippen molar-refractivity contribution >= 4 is 85.8 Å². The highest BCUT2D eigenvalue weighted by Crippen LogP contribution is 2.46. The van der Waals surface area contributed by atoms with Gasteiger partial charge in [-0.3, -0.25) is 0 Å². The van der Waals surface area contributed by atoms with Crippen molar-refractivity contribution in [2.75, 3.05) is 0 Å². The molecular formula is C42H24OS. The highest BCUT2D eigenvalue weighted by atomic mass is 32.1. The monoisotopic (exact) mass is 576 g/mol. The summed E-state index contributed by atoms with van der Waals surface area (Å²) in [6.45, 7) is 0. The number of benzene rings is 8. The van der Waals surface area contributed by atoms with E-state index in [2.05, 4.69) is 146 Å². The minimum Gasteiger partial charge on any atom is -0.456 e. The Bertz CT molecular complexity index is 2720. The van der Waals surface area contributed by atoms with E-state index in [1.165, 1.54) is 80.1 Å². The molecular weight excluding hydrogens is 553 g/mol. The fourth-order valence-corrected chi connectivity index (χ4v) is 8.48. The first-order valence-electron chi connectivity index (χ1n) is 15.0. The zero-order chi connectivity index (χ0) is 28.8. The van der Waals surface area contributed by atoms with Crippen molar-refractivity contribution in [2.24, 2.45) is 0 Å². The van der Waals surface area contributed by atoms with Gasteiger partial charge < -0.3 is 4.42 Å². The second-order valence-electron chi connectivity index (χ2n) is 11.6. The Morgan fingerprint density at radius 3 is 1.64 bits per heavy atom. The second-order valence-corrected chi connectivity index (χ2v) is 12.7. The van der Waals surface area contributed by atoms with Crippen LogP contribution in [0.1, 0.15) is 0 Å². The lowest BCUT2D eigenvalue weighted by atomic mass is 9.85. The Balaban J connectivity index is 1.28. The van der Waals surface area contributed by atoms with E-state index in [-0.39, 0.29) is 0 Å². The third kappa shape index (κ3) is 3.35. The molecule has 0 atom stereocenters. The summed E-state index contributed by atoms with van der Waals surface area (Å²) in [6.07, 6.45) is 0. The molecule has 0 unspecified atom stereocenters. The Morgan fingerprint density at radius 1 is 0.364 bits per heavy atom. The summed E-state index contributed by atoms with van der Waals surface area (Å²) in [4.78, 5) is 0. The lowest BCUT2D eigenvalue weighted by Crippen LogP contribution is -1.90. The lowest BCUT2D eigenvalue weighted by Gasteiger charge is -2.18. The highest BCUT2D eigenvalue weighted by Gasteiger charge is 2.19. The average Bonchev–Trinajstić information content (AvgIpc) is 3.65. The van der Waals surface area contributed by atoms with Crippen molar-refractivity contribution in [3.05, 3.63) is 146 Å². The first kappa shape index (κ1) is 24.0. The summed E-state index contributed by atoms with van der Waals surface area (Å²) >= 11 is 1.88. The Labute approximate surface area is 257 Å². The van der Waals surface area contributed by atoms with E-state index in [0.717, 1.165) is 16.6 Å². The number of hydrogen-bond donors (Lipinski definition) is 0. The van der Waals surface area contributed by atoms with Gasteiger partial charge in [0.2, 0.25) is 0 Å². The molecule has 0 aliphatic heterocycles. The van der Waals surface area contributed by atoms with E-state index < -0.39 is 0 Å². The van der Waals surface area contributed by atoms with Crippen LogP contribution in [-0.2, 0) is 0 Å². The molecule has 2 aromatic heterocycles. The number of hydrogen-bond acceptors (Lipinski definition) is 2. The highest BCUT2D eigenvalue weighted by molar-refractivity contribution is 7.25. The van der Waals surface area contributed by atoms with E-state index >= 15 is 0 Å². The summed E-state index contributed by atoms with van der Waals surface area (Å²) in [5.74, 6) is 0. The number of thiophene rings is 1. The smallest absolute Gasteiger partial charge is 0.136 e. The molecule has 44 heavy (non-hydrogen) atoms. The van der Waals surface area contributed by atoms with Gasteiger partial charge in [-0.05, 0) is 84.9 Å². The number of rotatable bonds is 2.